The van der Waals surface area contributed by atoms with E-state index in [9.17, 15) is 0 Å². The normalized spacial score (nSPS) is 17.9. The Kier molecular flexibility index (Phi) is 6.65. The van der Waals surface area contributed by atoms with Crippen molar-refractivity contribution in [3.8, 4) is 5.88 Å². The first-order valence-corrected chi connectivity index (χ1v) is 7.16. The molecule has 1 aromatic heterocycles. The maximum atomic E-state index is 5.58. The van der Waals surface area contributed by atoms with Crippen LogP contribution >= 0.6 is 0 Å². The highest BCUT2D eigenvalue weighted by Crippen LogP contribution is 2.16. The molecule has 0 aromatic carbocycles. The molecule has 1 fully saturated rings. The summed E-state index contributed by atoms with van der Waals surface area (Å²) >= 11 is 0. The van der Waals surface area contributed by atoms with Gasteiger partial charge in [0.05, 0.1) is 12.7 Å². The molecule has 7 nitrogen and oxygen atoms in total. The third-order valence-corrected chi connectivity index (χ3v) is 3.09. The zero-order valence-electron chi connectivity index (χ0n) is 12.6. The molecule has 1 unspecified atom stereocenters. The Morgan fingerprint density at radius 2 is 2.19 bits per heavy atom. The van der Waals surface area contributed by atoms with Crippen LogP contribution in [0.25, 0.3) is 0 Å². The maximum Gasteiger partial charge on any atom is 0.218 e. The van der Waals surface area contributed by atoms with Crippen LogP contribution in [0.15, 0.2) is 6.07 Å². The van der Waals surface area contributed by atoms with E-state index in [2.05, 4.69) is 15.3 Å². The first-order valence-electron chi connectivity index (χ1n) is 7.16. The number of rotatable bonds is 9. The topological polar surface area (TPSA) is 74.7 Å². The summed E-state index contributed by atoms with van der Waals surface area (Å²) in [5.41, 5.74) is 0. The molecule has 2 rings (SSSR count). The lowest BCUT2D eigenvalue weighted by atomic mass is 10.2. The van der Waals surface area contributed by atoms with Crippen LogP contribution in [0.1, 0.15) is 18.7 Å². The van der Waals surface area contributed by atoms with E-state index in [1.807, 2.05) is 0 Å². The Hall–Kier alpha value is -1.44. The van der Waals surface area contributed by atoms with Crippen molar-refractivity contribution in [2.24, 2.45) is 0 Å². The first-order chi connectivity index (χ1) is 10.3. The van der Waals surface area contributed by atoms with Crippen LogP contribution in [-0.4, -0.2) is 56.7 Å². The summed E-state index contributed by atoms with van der Waals surface area (Å²) in [5.74, 6) is 1.83. The lowest BCUT2D eigenvalue weighted by Gasteiger charge is -2.13. The summed E-state index contributed by atoms with van der Waals surface area (Å²) in [4.78, 5) is 8.69. The van der Waals surface area contributed by atoms with Crippen molar-refractivity contribution in [2.45, 2.75) is 25.6 Å². The molecule has 1 saturated heterocycles. The maximum absolute atomic E-state index is 5.58. The largest absolute Gasteiger partial charge is 0.475 e. The quantitative estimate of drug-likeness (QED) is 0.687. The molecule has 7 heteroatoms. The van der Waals surface area contributed by atoms with Gasteiger partial charge in [-0.3, -0.25) is 0 Å². The molecule has 0 bridgehead atoms. The highest BCUT2D eigenvalue weighted by atomic mass is 16.5. The predicted octanol–water partition coefficient (Wildman–Crippen LogP) is 1.24. The second-order valence-corrected chi connectivity index (χ2v) is 4.80. The van der Waals surface area contributed by atoms with Crippen LogP contribution in [0.2, 0.25) is 0 Å². The lowest BCUT2D eigenvalue weighted by molar-refractivity contribution is 0.120. The number of aromatic nitrogens is 2. The highest BCUT2D eigenvalue weighted by Gasteiger charge is 2.15. The molecule has 0 aliphatic carbocycles. The minimum absolute atomic E-state index is 0.253. The van der Waals surface area contributed by atoms with Crippen molar-refractivity contribution in [1.29, 1.82) is 0 Å². The van der Waals surface area contributed by atoms with E-state index < -0.39 is 0 Å². The van der Waals surface area contributed by atoms with E-state index >= 15 is 0 Å². The number of nitrogens with zero attached hydrogens (tertiary/aromatic N) is 2. The van der Waals surface area contributed by atoms with Gasteiger partial charge in [0.25, 0.3) is 0 Å². The molecule has 0 amide bonds. The van der Waals surface area contributed by atoms with Crippen molar-refractivity contribution >= 4 is 5.82 Å². The second-order valence-electron chi connectivity index (χ2n) is 4.80. The number of ether oxygens (including phenoxy) is 4. The van der Waals surface area contributed by atoms with Crippen molar-refractivity contribution in [3.05, 3.63) is 11.9 Å². The number of hydrogen-bond donors (Lipinski definition) is 1. The number of anilines is 1. The summed E-state index contributed by atoms with van der Waals surface area (Å²) in [7, 11) is 3.25. The van der Waals surface area contributed by atoms with Gasteiger partial charge in [-0.25, -0.2) is 4.98 Å². The fraction of sp³-hybridized carbons (Fsp3) is 0.714. The SMILES string of the molecule is COCCOc1cc(NCC2CCCO2)nc(COC)n1. The second kappa shape index (κ2) is 8.76. The minimum Gasteiger partial charge on any atom is -0.475 e. The average molecular weight is 297 g/mol. The Bertz CT molecular complexity index is 425. The van der Waals surface area contributed by atoms with Gasteiger partial charge in [-0.05, 0) is 12.8 Å². The van der Waals surface area contributed by atoms with Gasteiger partial charge in [0.15, 0.2) is 5.82 Å². The number of methoxy groups -OCH3 is 2. The zero-order valence-corrected chi connectivity index (χ0v) is 12.6. The Morgan fingerprint density at radius 3 is 2.90 bits per heavy atom. The molecule has 1 N–H and O–H groups in total. The average Bonchev–Trinajstić information content (AvgIpc) is 2.99. The Morgan fingerprint density at radius 1 is 1.29 bits per heavy atom. The molecular weight excluding hydrogens is 274 g/mol. The molecule has 118 valence electrons. The third-order valence-electron chi connectivity index (χ3n) is 3.09. The van der Waals surface area contributed by atoms with Gasteiger partial charge in [0, 0.05) is 33.4 Å². The van der Waals surface area contributed by atoms with E-state index in [4.69, 9.17) is 18.9 Å². The highest BCUT2D eigenvalue weighted by molar-refractivity contribution is 5.38. The minimum atomic E-state index is 0.253. The van der Waals surface area contributed by atoms with Crippen molar-refractivity contribution in [2.75, 3.05) is 45.9 Å². The lowest BCUT2D eigenvalue weighted by Crippen LogP contribution is -2.19. The van der Waals surface area contributed by atoms with Gasteiger partial charge >= 0.3 is 0 Å². The standard InChI is InChI=1S/C14H23N3O4/c1-18-6-7-21-14-8-12(16-13(17-14)10-19-2)15-9-11-4-3-5-20-11/h8,11H,3-7,9-10H2,1-2H3,(H,15,16,17). The summed E-state index contributed by atoms with van der Waals surface area (Å²) in [6.07, 6.45) is 2.46. The molecular formula is C14H23N3O4. The molecule has 0 radical (unpaired) electrons. The van der Waals surface area contributed by atoms with Crippen molar-refractivity contribution < 1.29 is 18.9 Å². The fourth-order valence-electron chi connectivity index (χ4n) is 2.08. The Balaban J connectivity index is 1.96. The van der Waals surface area contributed by atoms with Crippen LogP contribution in [0.4, 0.5) is 5.82 Å². The van der Waals surface area contributed by atoms with E-state index in [1.165, 1.54) is 0 Å². The summed E-state index contributed by atoms with van der Waals surface area (Å²) in [6, 6.07) is 1.78. The number of hydrogen-bond acceptors (Lipinski definition) is 7. The van der Waals surface area contributed by atoms with Gasteiger partial charge in [-0.1, -0.05) is 0 Å². The smallest absolute Gasteiger partial charge is 0.218 e. The van der Waals surface area contributed by atoms with Gasteiger partial charge in [0.1, 0.15) is 19.0 Å². The van der Waals surface area contributed by atoms with Crippen LogP contribution in [0.3, 0.4) is 0 Å². The van der Waals surface area contributed by atoms with Gasteiger partial charge in [0.2, 0.25) is 5.88 Å². The Labute approximate surface area is 125 Å². The monoisotopic (exact) mass is 297 g/mol. The molecule has 1 aliphatic rings. The van der Waals surface area contributed by atoms with Crippen molar-refractivity contribution in [1.82, 2.24) is 9.97 Å². The molecule has 1 aliphatic heterocycles. The van der Waals surface area contributed by atoms with E-state index in [0.29, 0.717) is 31.5 Å². The van der Waals surface area contributed by atoms with Gasteiger partial charge < -0.3 is 24.3 Å². The van der Waals surface area contributed by atoms with E-state index in [0.717, 1.165) is 31.8 Å². The third kappa shape index (κ3) is 5.45. The molecule has 1 aromatic rings. The van der Waals surface area contributed by atoms with Crippen LogP contribution in [-0.2, 0) is 20.8 Å². The molecule has 0 saturated carbocycles. The van der Waals surface area contributed by atoms with Crippen LogP contribution < -0.4 is 10.1 Å². The number of nitrogens with one attached hydrogen (secondary N) is 1. The predicted molar refractivity (Wildman–Crippen MR) is 77.6 cm³/mol. The van der Waals surface area contributed by atoms with Gasteiger partial charge in [-0.15, -0.1) is 0 Å². The zero-order chi connectivity index (χ0) is 14.9. The molecule has 0 spiro atoms. The summed E-state index contributed by atoms with van der Waals surface area (Å²) < 4.78 is 21.2. The van der Waals surface area contributed by atoms with E-state index in [1.54, 1.807) is 20.3 Å². The molecule has 1 atom stereocenters. The van der Waals surface area contributed by atoms with Crippen molar-refractivity contribution in [3.63, 3.8) is 0 Å². The summed E-state index contributed by atoms with van der Waals surface area (Å²) in [5, 5.41) is 3.27. The molecule has 21 heavy (non-hydrogen) atoms. The first kappa shape index (κ1) is 15.9. The fourth-order valence-corrected chi connectivity index (χ4v) is 2.08. The van der Waals surface area contributed by atoms with E-state index in [-0.39, 0.29) is 6.10 Å². The van der Waals surface area contributed by atoms with Crippen LogP contribution in [0.5, 0.6) is 5.88 Å². The molecule has 2 heterocycles. The summed E-state index contributed by atoms with van der Waals surface area (Å²) in [6.45, 7) is 2.89. The van der Waals surface area contributed by atoms with Gasteiger partial charge in [-0.2, -0.15) is 4.98 Å². The van der Waals surface area contributed by atoms with Crippen LogP contribution in [0, 0.1) is 0 Å².